The average Bonchev–Trinajstić information content (AvgIpc) is 2.34. The zero-order valence-electron chi connectivity index (χ0n) is 9.67. The van der Waals surface area contributed by atoms with Gasteiger partial charge in [-0.1, -0.05) is 19.1 Å². The summed E-state index contributed by atoms with van der Waals surface area (Å²) in [6.07, 6.45) is 2.72. The predicted molar refractivity (Wildman–Crippen MR) is 69.6 cm³/mol. The van der Waals surface area contributed by atoms with E-state index in [1.807, 2.05) is 19.2 Å². The highest BCUT2D eigenvalue weighted by Crippen LogP contribution is 2.24. The van der Waals surface area contributed by atoms with Crippen LogP contribution in [0.15, 0.2) is 38.3 Å². The van der Waals surface area contributed by atoms with Crippen LogP contribution in [0.3, 0.4) is 0 Å². The van der Waals surface area contributed by atoms with Crippen molar-refractivity contribution >= 4 is 22.7 Å². The van der Waals surface area contributed by atoms with E-state index in [4.69, 9.17) is 4.42 Å². The van der Waals surface area contributed by atoms with Crippen LogP contribution in [-0.2, 0) is 0 Å². The molecule has 4 nitrogen and oxygen atoms in total. The lowest BCUT2D eigenvalue weighted by Gasteiger charge is -2.16. The number of aromatic nitrogens is 1. The lowest BCUT2D eigenvalue weighted by molar-refractivity contribution is 0.412. The number of benzene rings is 1. The minimum Gasteiger partial charge on any atom is -0.372 e. The van der Waals surface area contributed by atoms with E-state index in [0.717, 1.165) is 6.42 Å². The smallest absolute Gasteiger partial charge is 0.372 e. The summed E-state index contributed by atoms with van der Waals surface area (Å²) < 4.78 is 6.29. The molecule has 1 atom stereocenters. The topological polar surface area (TPSA) is 52.2 Å². The monoisotopic (exact) mass is 251 g/mol. The van der Waals surface area contributed by atoms with Gasteiger partial charge in [-0.25, -0.2) is 9.59 Å². The summed E-state index contributed by atoms with van der Waals surface area (Å²) in [5.41, 5.74) is 0.0627. The third kappa shape index (κ3) is 2.02. The van der Waals surface area contributed by atoms with Crippen LogP contribution in [0.25, 0.3) is 10.9 Å². The number of thioether (sulfide) groups is 1. The van der Waals surface area contributed by atoms with E-state index in [-0.39, 0.29) is 5.37 Å². The second-order valence-corrected chi connectivity index (χ2v) is 4.66. The minimum absolute atomic E-state index is 0.0169. The molecular weight excluding hydrogens is 238 g/mol. The molecule has 1 unspecified atom stereocenters. The fraction of sp³-hybridized carbons (Fsp3) is 0.333. The van der Waals surface area contributed by atoms with Crippen molar-refractivity contribution in [3.63, 3.8) is 0 Å². The Bertz CT molecular complexity index is 640. The number of fused-ring (bicyclic) bond motifs is 1. The van der Waals surface area contributed by atoms with E-state index < -0.39 is 11.4 Å². The number of hydrogen-bond acceptors (Lipinski definition) is 4. The second-order valence-electron chi connectivity index (χ2n) is 3.64. The fourth-order valence-electron chi connectivity index (χ4n) is 1.87. The zero-order valence-corrected chi connectivity index (χ0v) is 10.5. The van der Waals surface area contributed by atoms with E-state index in [0.29, 0.717) is 10.9 Å². The van der Waals surface area contributed by atoms with Crippen molar-refractivity contribution in [1.82, 2.24) is 4.57 Å². The maximum absolute atomic E-state index is 11.8. The quantitative estimate of drug-likeness (QED) is 0.839. The second kappa shape index (κ2) is 4.79. The summed E-state index contributed by atoms with van der Waals surface area (Å²) in [4.78, 5) is 23.4. The molecule has 0 aliphatic heterocycles. The third-order valence-electron chi connectivity index (χ3n) is 2.67. The normalized spacial score (nSPS) is 12.8. The van der Waals surface area contributed by atoms with Gasteiger partial charge in [0, 0.05) is 0 Å². The molecule has 2 rings (SSSR count). The first kappa shape index (κ1) is 12.0. The Hall–Kier alpha value is -1.49. The Morgan fingerprint density at radius 3 is 2.71 bits per heavy atom. The van der Waals surface area contributed by atoms with Crippen LogP contribution in [0.5, 0.6) is 0 Å². The van der Waals surface area contributed by atoms with Crippen LogP contribution in [0, 0.1) is 0 Å². The van der Waals surface area contributed by atoms with Crippen LogP contribution < -0.4 is 11.4 Å². The van der Waals surface area contributed by atoms with E-state index >= 15 is 0 Å². The Balaban J connectivity index is 2.87. The molecule has 1 aromatic carbocycles. The molecule has 0 aliphatic rings. The molecule has 0 aliphatic carbocycles. The maximum Gasteiger partial charge on any atom is 0.423 e. The Morgan fingerprint density at radius 1 is 1.35 bits per heavy atom. The first-order valence-corrected chi connectivity index (χ1v) is 6.65. The van der Waals surface area contributed by atoms with Crippen LogP contribution in [-0.4, -0.2) is 10.8 Å². The van der Waals surface area contributed by atoms with Crippen LogP contribution in [0.4, 0.5) is 0 Å². The molecule has 1 aromatic heterocycles. The van der Waals surface area contributed by atoms with Crippen molar-refractivity contribution in [2.75, 3.05) is 6.26 Å². The van der Waals surface area contributed by atoms with Gasteiger partial charge in [0.1, 0.15) is 0 Å². The largest absolute Gasteiger partial charge is 0.423 e. The third-order valence-corrected chi connectivity index (χ3v) is 3.76. The van der Waals surface area contributed by atoms with Gasteiger partial charge in [-0.2, -0.15) is 0 Å². The Labute approximate surface area is 102 Å². The molecule has 0 bridgehead atoms. The molecule has 5 heteroatoms. The number of para-hydroxylation sites is 1. The molecule has 0 saturated heterocycles. The fourth-order valence-corrected chi connectivity index (χ4v) is 2.61. The van der Waals surface area contributed by atoms with Crippen LogP contribution >= 0.6 is 11.8 Å². The molecule has 0 radical (unpaired) electrons. The lowest BCUT2D eigenvalue weighted by atomic mass is 10.2. The van der Waals surface area contributed by atoms with Gasteiger partial charge in [0.25, 0.3) is 0 Å². The van der Waals surface area contributed by atoms with Gasteiger partial charge in [0.2, 0.25) is 0 Å². The molecule has 0 amide bonds. The summed E-state index contributed by atoms with van der Waals surface area (Å²) in [6, 6.07) is 7.01. The molecule has 0 N–H and O–H groups in total. The minimum atomic E-state index is -0.588. The van der Waals surface area contributed by atoms with Gasteiger partial charge in [-0.05, 0) is 24.8 Å². The van der Waals surface area contributed by atoms with Crippen molar-refractivity contribution in [1.29, 1.82) is 0 Å². The molecule has 2 aromatic rings. The van der Waals surface area contributed by atoms with E-state index in [1.54, 1.807) is 34.5 Å². The Kier molecular flexibility index (Phi) is 3.38. The first-order valence-electron chi connectivity index (χ1n) is 5.36. The van der Waals surface area contributed by atoms with Crippen LogP contribution in [0.1, 0.15) is 18.7 Å². The van der Waals surface area contributed by atoms with E-state index in [1.165, 1.54) is 0 Å². The van der Waals surface area contributed by atoms with Gasteiger partial charge in [0.05, 0.1) is 16.3 Å². The SMILES string of the molecule is CCC(SC)n1c(=O)oc(=O)c2ccccc21. The zero-order chi connectivity index (χ0) is 12.4. The molecule has 0 spiro atoms. The summed E-state index contributed by atoms with van der Waals surface area (Å²) in [5, 5.41) is 0.427. The molecule has 1 heterocycles. The first-order chi connectivity index (χ1) is 8.19. The van der Waals surface area contributed by atoms with Crippen LogP contribution in [0.2, 0.25) is 0 Å². The molecule has 0 fully saturated rings. The molecular formula is C12H13NO3S. The highest BCUT2D eigenvalue weighted by molar-refractivity contribution is 7.98. The highest BCUT2D eigenvalue weighted by Gasteiger charge is 2.15. The standard InChI is InChI=1S/C12H13NO3S/c1-3-10(17-2)13-9-7-5-4-6-8(9)11(14)16-12(13)15/h4-7,10H,3H2,1-2H3. The van der Waals surface area contributed by atoms with Gasteiger partial charge < -0.3 is 4.42 Å². The lowest BCUT2D eigenvalue weighted by Crippen LogP contribution is -2.27. The molecule has 0 saturated carbocycles. The summed E-state index contributed by atoms with van der Waals surface area (Å²) >= 11 is 1.56. The van der Waals surface area contributed by atoms with Gasteiger partial charge >= 0.3 is 11.4 Å². The number of rotatable bonds is 3. The highest BCUT2D eigenvalue weighted by atomic mass is 32.2. The van der Waals surface area contributed by atoms with Gasteiger partial charge in [0.15, 0.2) is 0 Å². The number of nitrogens with zero attached hydrogens (tertiary/aromatic N) is 1. The number of hydrogen-bond donors (Lipinski definition) is 0. The predicted octanol–water partition coefficient (Wildman–Crippen LogP) is 2.23. The van der Waals surface area contributed by atoms with Crippen molar-refractivity contribution in [3.8, 4) is 0 Å². The molecule has 17 heavy (non-hydrogen) atoms. The summed E-state index contributed by atoms with van der Waals surface area (Å²) in [7, 11) is 0. The van der Waals surface area contributed by atoms with Gasteiger partial charge in [-0.3, -0.25) is 4.57 Å². The van der Waals surface area contributed by atoms with Crippen molar-refractivity contribution < 1.29 is 4.42 Å². The van der Waals surface area contributed by atoms with Gasteiger partial charge in [-0.15, -0.1) is 11.8 Å². The molecule has 90 valence electrons. The summed E-state index contributed by atoms with van der Waals surface area (Å²) in [5.74, 6) is -0.588. The van der Waals surface area contributed by atoms with E-state index in [9.17, 15) is 9.59 Å². The average molecular weight is 251 g/mol. The van der Waals surface area contributed by atoms with Crippen molar-refractivity contribution in [2.45, 2.75) is 18.7 Å². The van der Waals surface area contributed by atoms with Crippen molar-refractivity contribution in [3.05, 3.63) is 45.2 Å². The summed E-state index contributed by atoms with van der Waals surface area (Å²) in [6.45, 7) is 1.99. The van der Waals surface area contributed by atoms with E-state index in [2.05, 4.69) is 0 Å². The van der Waals surface area contributed by atoms with Crippen molar-refractivity contribution in [2.24, 2.45) is 0 Å². The Morgan fingerprint density at radius 2 is 2.06 bits per heavy atom. The maximum atomic E-state index is 11.8.